The van der Waals surface area contributed by atoms with Crippen LogP contribution in [0.25, 0.3) is 0 Å². The molecular formula is C12H16N2O4. The van der Waals surface area contributed by atoms with E-state index < -0.39 is 5.97 Å². The summed E-state index contributed by atoms with van der Waals surface area (Å²) in [6, 6.07) is 1.68. The Kier molecular flexibility index (Phi) is 4.11. The molecule has 1 unspecified atom stereocenters. The highest BCUT2D eigenvalue weighted by Gasteiger charge is 2.18. The van der Waals surface area contributed by atoms with Crippen molar-refractivity contribution in [2.75, 3.05) is 31.7 Å². The van der Waals surface area contributed by atoms with E-state index in [1.807, 2.05) is 0 Å². The first kappa shape index (κ1) is 12.8. The lowest BCUT2D eigenvalue weighted by atomic mass is 10.1. The van der Waals surface area contributed by atoms with Crippen molar-refractivity contribution in [3.63, 3.8) is 0 Å². The molecule has 1 fully saturated rings. The zero-order valence-corrected chi connectivity index (χ0v) is 10.2. The van der Waals surface area contributed by atoms with Gasteiger partial charge in [0.15, 0.2) is 0 Å². The summed E-state index contributed by atoms with van der Waals surface area (Å²) < 4.78 is 10.7. The summed E-state index contributed by atoms with van der Waals surface area (Å²) in [6.07, 6.45) is 1.52. The number of aryl methyl sites for hydroxylation is 1. The van der Waals surface area contributed by atoms with Crippen LogP contribution in [-0.4, -0.2) is 48.5 Å². The molecule has 1 saturated heterocycles. The van der Waals surface area contributed by atoms with Gasteiger partial charge in [-0.2, -0.15) is 0 Å². The number of hydrogen-bond donors (Lipinski definition) is 2. The Morgan fingerprint density at radius 3 is 3.11 bits per heavy atom. The normalized spacial score (nSPS) is 19.5. The number of hydrogen-bond acceptors (Lipinski definition) is 5. The first-order chi connectivity index (χ1) is 8.68. The minimum Gasteiger partial charge on any atom is -0.478 e. The molecule has 98 valence electrons. The second-order valence-electron chi connectivity index (χ2n) is 4.11. The number of carbonyl (C=O) groups is 1. The van der Waals surface area contributed by atoms with Gasteiger partial charge in [0, 0.05) is 12.7 Å². The summed E-state index contributed by atoms with van der Waals surface area (Å²) in [5, 5.41) is 12.2. The Labute approximate surface area is 105 Å². The Morgan fingerprint density at radius 2 is 2.44 bits per heavy atom. The molecule has 0 aromatic carbocycles. The molecular weight excluding hydrogens is 236 g/mol. The lowest BCUT2D eigenvalue weighted by Crippen LogP contribution is -2.34. The first-order valence-electron chi connectivity index (χ1n) is 5.80. The monoisotopic (exact) mass is 252 g/mol. The smallest absolute Gasteiger partial charge is 0.339 e. The predicted molar refractivity (Wildman–Crippen MR) is 65.0 cm³/mol. The van der Waals surface area contributed by atoms with Crippen molar-refractivity contribution in [1.29, 1.82) is 0 Å². The summed E-state index contributed by atoms with van der Waals surface area (Å²) in [7, 11) is 0. The molecule has 0 amide bonds. The SMILES string of the molecule is Cc1ccnc(NCC2COCCO2)c1C(=O)O. The molecule has 1 aliphatic heterocycles. The number of nitrogens with one attached hydrogen (secondary N) is 1. The summed E-state index contributed by atoms with van der Waals surface area (Å²) in [4.78, 5) is 15.2. The predicted octanol–water partition coefficient (Wildman–Crippen LogP) is 0.916. The molecule has 6 heteroatoms. The van der Waals surface area contributed by atoms with Crippen LogP contribution in [-0.2, 0) is 9.47 Å². The zero-order chi connectivity index (χ0) is 13.0. The number of aromatic nitrogens is 1. The largest absolute Gasteiger partial charge is 0.478 e. The highest BCUT2D eigenvalue weighted by Crippen LogP contribution is 2.16. The van der Waals surface area contributed by atoms with Crippen molar-refractivity contribution in [2.45, 2.75) is 13.0 Å². The van der Waals surface area contributed by atoms with Gasteiger partial charge >= 0.3 is 5.97 Å². The molecule has 2 heterocycles. The lowest BCUT2D eigenvalue weighted by molar-refractivity contribution is -0.0819. The van der Waals surface area contributed by atoms with E-state index in [2.05, 4.69) is 10.3 Å². The molecule has 0 spiro atoms. The van der Waals surface area contributed by atoms with Crippen LogP contribution in [0.1, 0.15) is 15.9 Å². The van der Waals surface area contributed by atoms with Crippen LogP contribution in [0, 0.1) is 6.92 Å². The van der Waals surface area contributed by atoms with Crippen molar-refractivity contribution < 1.29 is 19.4 Å². The van der Waals surface area contributed by atoms with Gasteiger partial charge in [-0.25, -0.2) is 9.78 Å². The second kappa shape index (κ2) is 5.79. The van der Waals surface area contributed by atoms with Gasteiger partial charge in [-0.3, -0.25) is 0 Å². The number of rotatable bonds is 4. The molecule has 1 aliphatic rings. The fourth-order valence-corrected chi connectivity index (χ4v) is 1.83. The van der Waals surface area contributed by atoms with Crippen molar-refractivity contribution >= 4 is 11.8 Å². The molecule has 0 saturated carbocycles. The summed E-state index contributed by atoms with van der Waals surface area (Å²) in [6.45, 7) is 3.92. The quantitative estimate of drug-likeness (QED) is 0.829. The number of carboxylic acids is 1. The summed E-state index contributed by atoms with van der Waals surface area (Å²) in [5.41, 5.74) is 0.884. The molecule has 2 N–H and O–H groups in total. The number of aromatic carboxylic acids is 1. The highest BCUT2D eigenvalue weighted by atomic mass is 16.6. The van der Waals surface area contributed by atoms with E-state index >= 15 is 0 Å². The topological polar surface area (TPSA) is 80.7 Å². The van der Waals surface area contributed by atoms with Crippen LogP contribution in [0.4, 0.5) is 5.82 Å². The third kappa shape index (κ3) is 2.96. The van der Waals surface area contributed by atoms with Gasteiger partial charge in [0.05, 0.1) is 25.9 Å². The minimum absolute atomic E-state index is 0.0669. The molecule has 0 aliphatic carbocycles. The van der Waals surface area contributed by atoms with E-state index in [0.717, 1.165) is 0 Å². The summed E-state index contributed by atoms with van der Waals surface area (Å²) >= 11 is 0. The van der Waals surface area contributed by atoms with Crippen LogP contribution in [0.5, 0.6) is 0 Å². The van der Waals surface area contributed by atoms with Crippen LogP contribution < -0.4 is 5.32 Å². The average molecular weight is 252 g/mol. The van der Waals surface area contributed by atoms with Crippen molar-refractivity contribution in [3.8, 4) is 0 Å². The van der Waals surface area contributed by atoms with E-state index in [0.29, 0.717) is 37.7 Å². The molecule has 0 radical (unpaired) electrons. The van der Waals surface area contributed by atoms with Crippen LogP contribution in [0.15, 0.2) is 12.3 Å². The first-order valence-corrected chi connectivity index (χ1v) is 5.80. The van der Waals surface area contributed by atoms with Gasteiger partial charge in [-0.05, 0) is 18.6 Å². The molecule has 2 rings (SSSR count). The van der Waals surface area contributed by atoms with Crippen molar-refractivity contribution in [3.05, 3.63) is 23.4 Å². The van der Waals surface area contributed by atoms with Gasteiger partial charge in [-0.15, -0.1) is 0 Å². The van der Waals surface area contributed by atoms with Gasteiger partial charge < -0.3 is 19.9 Å². The van der Waals surface area contributed by atoms with Crippen LogP contribution >= 0.6 is 0 Å². The fraction of sp³-hybridized carbons (Fsp3) is 0.500. The molecule has 1 atom stereocenters. The third-order valence-corrected chi connectivity index (χ3v) is 2.76. The molecule has 1 aromatic heterocycles. The molecule has 6 nitrogen and oxygen atoms in total. The molecule has 0 bridgehead atoms. The van der Waals surface area contributed by atoms with Crippen LogP contribution in [0.2, 0.25) is 0 Å². The second-order valence-corrected chi connectivity index (χ2v) is 4.11. The van der Waals surface area contributed by atoms with Gasteiger partial charge in [-0.1, -0.05) is 0 Å². The van der Waals surface area contributed by atoms with E-state index in [1.54, 1.807) is 19.2 Å². The van der Waals surface area contributed by atoms with Crippen LogP contribution in [0.3, 0.4) is 0 Å². The Hall–Kier alpha value is -1.66. The maximum atomic E-state index is 11.2. The number of pyridine rings is 1. The maximum Gasteiger partial charge on any atom is 0.339 e. The van der Waals surface area contributed by atoms with Gasteiger partial charge in [0.1, 0.15) is 11.4 Å². The van der Waals surface area contributed by atoms with E-state index in [9.17, 15) is 4.79 Å². The molecule has 18 heavy (non-hydrogen) atoms. The third-order valence-electron chi connectivity index (χ3n) is 2.76. The van der Waals surface area contributed by atoms with Crippen molar-refractivity contribution in [2.24, 2.45) is 0 Å². The van der Waals surface area contributed by atoms with E-state index in [-0.39, 0.29) is 11.7 Å². The fourth-order valence-electron chi connectivity index (χ4n) is 1.83. The average Bonchev–Trinajstić information content (AvgIpc) is 2.37. The zero-order valence-electron chi connectivity index (χ0n) is 10.2. The lowest BCUT2D eigenvalue weighted by Gasteiger charge is -2.23. The van der Waals surface area contributed by atoms with Gasteiger partial charge in [0.2, 0.25) is 0 Å². The number of anilines is 1. The highest BCUT2D eigenvalue weighted by molar-refractivity contribution is 5.94. The number of ether oxygens (including phenoxy) is 2. The summed E-state index contributed by atoms with van der Waals surface area (Å²) in [5.74, 6) is -0.611. The minimum atomic E-state index is -0.982. The Bertz CT molecular complexity index is 430. The number of carboxylic acid groups (broad SMARTS) is 1. The standard InChI is InChI=1S/C12H16N2O4/c1-8-2-3-13-11(10(8)12(15)16)14-6-9-7-17-4-5-18-9/h2-3,9H,4-7H2,1H3,(H,13,14)(H,15,16). The van der Waals surface area contributed by atoms with E-state index in [1.165, 1.54) is 0 Å². The van der Waals surface area contributed by atoms with Crippen molar-refractivity contribution in [1.82, 2.24) is 4.98 Å². The maximum absolute atomic E-state index is 11.2. The van der Waals surface area contributed by atoms with E-state index in [4.69, 9.17) is 14.6 Å². The molecule has 1 aromatic rings. The Balaban J connectivity index is 2.04. The van der Waals surface area contributed by atoms with Gasteiger partial charge in [0.25, 0.3) is 0 Å². The number of nitrogens with zero attached hydrogens (tertiary/aromatic N) is 1. The Morgan fingerprint density at radius 1 is 1.61 bits per heavy atom.